The predicted octanol–water partition coefficient (Wildman–Crippen LogP) is 1.72. The highest BCUT2D eigenvalue weighted by molar-refractivity contribution is 5.71. The molecule has 2 N–H and O–H groups in total. The van der Waals surface area contributed by atoms with Gasteiger partial charge in [-0.15, -0.1) is 0 Å². The number of nitrogens with one attached hydrogen (secondary N) is 1. The van der Waals surface area contributed by atoms with Crippen molar-refractivity contribution in [3.8, 4) is 5.75 Å². The number of rotatable bonds is 5. The van der Waals surface area contributed by atoms with E-state index in [-0.39, 0.29) is 12.6 Å². The molecule has 0 amide bonds. The van der Waals surface area contributed by atoms with Gasteiger partial charge in [0.1, 0.15) is 11.6 Å². The molecule has 0 aliphatic carbocycles. The summed E-state index contributed by atoms with van der Waals surface area (Å²) >= 11 is 0. The Labute approximate surface area is 116 Å². The Kier molecular flexibility index (Phi) is 4.57. The first kappa shape index (κ1) is 14.7. The first-order chi connectivity index (χ1) is 9.56. The number of carboxylic acid groups (broad SMARTS) is 1. The molecule has 1 fully saturated rings. The van der Waals surface area contributed by atoms with Gasteiger partial charge >= 0.3 is 5.97 Å². The highest BCUT2D eigenvalue weighted by Gasteiger charge is 2.33. The van der Waals surface area contributed by atoms with Crippen LogP contribution in [0.2, 0.25) is 0 Å². The standard InChI is InChI=1S/C14H18FNO4/c1-19-7-9-3-10(15)5-12(20-2)13(9)11-4-8(6-16-11)14(17)18/h3,5,8,11,16H,4,6-7H2,1-2H3,(H,17,18). The molecule has 0 aromatic heterocycles. The Morgan fingerprint density at radius 2 is 2.25 bits per heavy atom. The first-order valence-electron chi connectivity index (χ1n) is 6.38. The summed E-state index contributed by atoms with van der Waals surface area (Å²) in [5.41, 5.74) is 1.45. The number of ether oxygens (including phenoxy) is 2. The largest absolute Gasteiger partial charge is 0.496 e. The number of aliphatic carboxylic acids is 1. The second-order valence-electron chi connectivity index (χ2n) is 4.85. The van der Waals surface area contributed by atoms with E-state index in [2.05, 4.69) is 5.32 Å². The molecule has 1 aromatic rings. The van der Waals surface area contributed by atoms with E-state index >= 15 is 0 Å². The maximum absolute atomic E-state index is 13.6. The maximum Gasteiger partial charge on any atom is 0.307 e. The summed E-state index contributed by atoms with van der Waals surface area (Å²) in [6.07, 6.45) is 0.452. The van der Waals surface area contributed by atoms with E-state index in [4.69, 9.17) is 14.6 Å². The highest BCUT2D eigenvalue weighted by atomic mass is 19.1. The number of halogens is 1. The fraction of sp³-hybridized carbons (Fsp3) is 0.500. The zero-order chi connectivity index (χ0) is 14.7. The van der Waals surface area contributed by atoms with Gasteiger partial charge in [0.25, 0.3) is 0 Å². The third-order valence-electron chi connectivity index (χ3n) is 3.54. The molecule has 0 radical (unpaired) electrons. The van der Waals surface area contributed by atoms with Gasteiger partial charge in [0.05, 0.1) is 19.6 Å². The quantitative estimate of drug-likeness (QED) is 0.861. The SMILES string of the molecule is COCc1cc(F)cc(OC)c1C1CC(C(=O)O)CN1. The third-order valence-corrected chi connectivity index (χ3v) is 3.54. The summed E-state index contributed by atoms with van der Waals surface area (Å²) in [6.45, 7) is 0.645. The molecule has 5 nitrogen and oxygen atoms in total. The fourth-order valence-corrected chi connectivity index (χ4v) is 2.63. The lowest BCUT2D eigenvalue weighted by atomic mass is 9.95. The van der Waals surface area contributed by atoms with E-state index < -0.39 is 17.7 Å². The van der Waals surface area contributed by atoms with Crippen LogP contribution in [0.25, 0.3) is 0 Å². The van der Waals surface area contributed by atoms with E-state index in [0.29, 0.717) is 24.3 Å². The summed E-state index contributed by atoms with van der Waals surface area (Å²) in [7, 11) is 3.00. The van der Waals surface area contributed by atoms with E-state index in [1.54, 1.807) is 0 Å². The molecule has 1 aliphatic heterocycles. The minimum absolute atomic E-state index is 0.170. The van der Waals surface area contributed by atoms with Gasteiger partial charge in [-0.2, -0.15) is 0 Å². The number of methoxy groups -OCH3 is 2. The minimum Gasteiger partial charge on any atom is -0.496 e. The molecule has 1 heterocycles. The zero-order valence-electron chi connectivity index (χ0n) is 11.5. The molecule has 0 spiro atoms. The number of carboxylic acids is 1. The molecule has 2 atom stereocenters. The summed E-state index contributed by atoms with van der Waals surface area (Å²) in [5.74, 6) is -1.24. The van der Waals surface area contributed by atoms with Gasteiger partial charge in [-0.1, -0.05) is 0 Å². The summed E-state index contributed by atoms with van der Waals surface area (Å²) in [5, 5.41) is 12.2. The zero-order valence-corrected chi connectivity index (χ0v) is 11.5. The third kappa shape index (κ3) is 2.91. The lowest BCUT2D eigenvalue weighted by Gasteiger charge is -2.19. The van der Waals surface area contributed by atoms with Crippen molar-refractivity contribution in [2.24, 2.45) is 5.92 Å². The molecule has 0 bridgehead atoms. The van der Waals surface area contributed by atoms with Crippen molar-refractivity contribution in [3.63, 3.8) is 0 Å². The monoisotopic (exact) mass is 283 g/mol. The first-order valence-corrected chi connectivity index (χ1v) is 6.38. The topological polar surface area (TPSA) is 67.8 Å². The summed E-state index contributed by atoms with van der Waals surface area (Å²) in [6, 6.07) is 2.54. The van der Waals surface area contributed by atoms with Crippen LogP contribution in [0.15, 0.2) is 12.1 Å². The van der Waals surface area contributed by atoms with Crippen LogP contribution in [0.4, 0.5) is 4.39 Å². The van der Waals surface area contributed by atoms with Crippen molar-refractivity contribution >= 4 is 5.97 Å². The van der Waals surface area contributed by atoms with Crippen molar-refractivity contribution < 1.29 is 23.8 Å². The van der Waals surface area contributed by atoms with Gasteiger partial charge in [0, 0.05) is 31.3 Å². The predicted molar refractivity (Wildman–Crippen MR) is 70.2 cm³/mol. The minimum atomic E-state index is -0.825. The van der Waals surface area contributed by atoms with Gasteiger partial charge in [0.15, 0.2) is 0 Å². The lowest BCUT2D eigenvalue weighted by Crippen LogP contribution is -2.18. The Morgan fingerprint density at radius 3 is 2.80 bits per heavy atom. The molecule has 2 unspecified atom stereocenters. The van der Waals surface area contributed by atoms with Crippen molar-refractivity contribution in [2.45, 2.75) is 19.1 Å². The molecule has 20 heavy (non-hydrogen) atoms. The number of benzene rings is 1. The Hall–Kier alpha value is -1.66. The van der Waals surface area contributed by atoms with Crippen LogP contribution in [-0.4, -0.2) is 31.8 Å². The van der Waals surface area contributed by atoms with E-state index in [9.17, 15) is 9.18 Å². The van der Waals surface area contributed by atoms with Crippen LogP contribution in [0.5, 0.6) is 5.75 Å². The Bertz CT molecular complexity index is 506. The van der Waals surface area contributed by atoms with Crippen LogP contribution in [0.1, 0.15) is 23.6 Å². The van der Waals surface area contributed by atoms with E-state index in [1.165, 1.54) is 26.4 Å². The smallest absolute Gasteiger partial charge is 0.307 e. The molecule has 0 saturated carbocycles. The van der Waals surface area contributed by atoms with Gasteiger partial charge < -0.3 is 19.9 Å². The van der Waals surface area contributed by atoms with Crippen molar-refractivity contribution in [3.05, 3.63) is 29.1 Å². The summed E-state index contributed by atoms with van der Waals surface area (Å²) < 4.78 is 23.9. The number of carbonyl (C=O) groups is 1. The lowest BCUT2D eigenvalue weighted by molar-refractivity contribution is -0.141. The van der Waals surface area contributed by atoms with Crippen LogP contribution in [0.3, 0.4) is 0 Å². The average molecular weight is 283 g/mol. The van der Waals surface area contributed by atoms with Crippen molar-refractivity contribution in [2.75, 3.05) is 20.8 Å². The average Bonchev–Trinajstić information content (AvgIpc) is 2.87. The highest BCUT2D eigenvalue weighted by Crippen LogP contribution is 2.36. The molecular formula is C14H18FNO4. The molecule has 2 rings (SSSR count). The van der Waals surface area contributed by atoms with Crippen LogP contribution in [-0.2, 0) is 16.1 Å². The second-order valence-corrected chi connectivity index (χ2v) is 4.85. The molecule has 110 valence electrons. The molecule has 1 aromatic carbocycles. The van der Waals surface area contributed by atoms with Gasteiger partial charge in [-0.25, -0.2) is 4.39 Å². The molecule has 6 heteroatoms. The molecule has 1 aliphatic rings. The molecule has 1 saturated heterocycles. The normalized spacial score (nSPS) is 21.9. The number of hydrogen-bond donors (Lipinski definition) is 2. The van der Waals surface area contributed by atoms with Gasteiger partial charge in [0.2, 0.25) is 0 Å². The number of hydrogen-bond acceptors (Lipinski definition) is 4. The van der Waals surface area contributed by atoms with Crippen LogP contribution >= 0.6 is 0 Å². The van der Waals surface area contributed by atoms with E-state index in [0.717, 1.165) is 5.56 Å². The van der Waals surface area contributed by atoms with Crippen molar-refractivity contribution in [1.29, 1.82) is 0 Å². The fourth-order valence-electron chi connectivity index (χ4n) is 2.63. The molecular weight excluding hydrogens is 265 g/mol. The summed E-state index contributed by atoms with van der Waals surface area (Å²) in [4.78, 5) is 11.0. The Balaban J connectivity index is 2.36. The maximum atomic E-state index is 13.6. The Morgan fingerprint density at radius 1 is 1.50 bits per heavy atom. The van der Waals surface area contributed by atoms with E-state index in [1.807, 2.05) is 0 Å². The van der Waals surface area contributed by atoms with Gasteiger partial charge in [-0.3, -0.25) is 4.79 Å². The van der Waals surface area contributed by atoms with Gasteiger partial charge in [-0.05, 0) is 18.1 Å². The van der Waals surface area contributed by atoms with Crippen LogP contribution in [0, 0.1) is 11.7 Å². The van der Waals surface area contributed by atoms with Crippen molar-refractivity contribution in [1.82, 2.24) is 5.32 Å². The second kappa shape index (κ2) is 6.19. The van der Waals surface area contributed by atoms with Crippen LogP contribution < -0.4 is 10.1 Å².